The van der Waals surface area contributed by atoms with Gasteiger partial charge in [0.2, 0.25) is 0 Å². The molecule has 0 radical (unpaired) electrons. The number of benzene rings is 1. The van der Waals surface area contributed by atoms with Crippen molar-refractivity contribution in [2.75, 3.05) is 25.2 Å². The van der Waals surface area contributed by atoms with Gasteiger partial charge in [0.05, 0.1) is 12.2 Å². The quantitative estimate of drug-likeness (QED) is 0.229. The van der Waals surface area contributed by atoms with Gasteiger partial charge in [0.25, 0.3) is 0 Å². The summed E-state index contributed by atoms with van der Waals surface area (Å²) in [7, 11) is 0. The van der Waals surface area contributed by atoms with Crippen molar-refractivity contribution in [3.63, 3.8) is 0 Å². The minimum atomic E-state index is -1.16. The van der Waals surface area contributed by atoms with Crippen LogP contribution in [-0.4, -0.2) is 36.1 Å². The minimum absolute atomic E-state index is 0.220. The third-order valence-corrected chi connectivity index (χ3v) is 3.06. The molecule has 0 saturated carbocycles. The van der Waals surface area contributed by atoms with Crippen molar-refractivity contribution in [1.29, 1.82) is 5.26 Å². The number of nitriles is 1. The number of hydrogen-bond donors (Lipinski definition) is 3. The van der Waals surface area contributed by atoms with E-state index in [0.29, 0.717) is 28.1 Å². The monoisotopic (exact) mass is 342 g/mol. The fraction of sp³-hybridized carbons (Fsp3) is 0.333. The summed E-state index contributed by atoms with van der Waals surface area (Å²) in [6.07, 6.45) is -0.646. The number of carboxylic acid groups (broad SMARTS) is 1. The van der Waals surface area contributed by atoms with E-state index in [9.17, 15) is 4.79 Å². The third kappa shape index (κ3) is 5.44. The molecule has 20 heavy (non-hydrogen) atoms. The molecule has 1 amide bonds. The van der Waals surface area contributed by atoms with Crippen LogP contribution in [0.2, 0.25) is 0 Å². The van der Waals surface area contributed by atoms with Crippen LogP contribution < -0.4 is 11.2 Å². The highest BCUT2D eigenvalue weighted by Gasteiger charge is 2.04. The molecule has 0 bridgehead atoms. The van der Waals surface area contributed by atoms with Gasteiger partial charge >= 0.3 is 6.09 Å². The number of rotatable bonds is 7. The van der Waals surface area contributed by atoms with Crippen LogP contribution in [0.25, 0.3) is 0 Å². The van der Waals surface area contributed by atoms with Crippen molar-refractivity contribution in [2.24, 2.45) is 5.84 Å². The van der Waals surface area contributed by atoms with Gasteiger partial charge in [-0.05, 0) is 40.5 Å². The average Bonchev–Trinajstić information content (AvgIpc) is 2.42. The molecule has 0 spiro atoms. The number of halogens is 1. The predicted octanol–water partition coefficient (Wildman–Crippen LogP) is 1.95. The Labute approximate surface area is 125 Å². The average molecular weight is 343 g/mol. The first-order valence-electron chi connectivity index (χ1n) is 5.81. The van der Waals surface area contributed by atoms with Gasteiger partial charge in [0.15, 0.2) is 0 Å². The standard InChI is InChI=1S/C12H15BrN4O3/c13-11-6-10(3-2-9(11)7-14)16-8-20-5-1-4-17(15)12(18)19/h2-3,6,16H,1,4-5,8,15H2,(H,18,19). The van der Waals surface area contributed by atoms with E-state index in [1.165, 1.54) is 0 Å². The molecule has 8 heteroatoms. The number of nitrogens with one attached hydrogen (secondary N) is 1. The number of ether oxygens (including phenoxy) is 1. The lowest BCUT2D eigenvalue weighted by molar-refractivity contribution is 0.122. The number of nitrogens with two attached hydrogens (primary N) is 1. The van der Waals surface area contributed by atoms with Crippen LogP contribution in [0, 0.1) is 11.3 Å². The SMILES string of the molecule is N#Cc1ccc(NCOCCCN(N)C(=O)O)cc1Br. The van der Waals surface area contributed by atoms with Crippen molar-refractivity contribution in [3.05, 3.63) is 28.2 Å². The lowest BCUT2D eigenvalue weighted by Gasteiger charge is -2.12. The molecular weight excluding hydrogens is 328 g/mol. The summed E-state index contributed by atoms with van der Waals surface area (Å²) in [6.45, 7) is 0.902. The summed E-state index contributed by atoms with van der Waals surface area (Å²) < 4.78 is 6.01. The summed E-state index contributed by atoms with van der Waals surface area (Å²) >= 11 is 3.29. The lowest BCUT2D eigenvalue weighted by Crippen LogP contribution is -2.37. The summed E-state index contributed by atoms with van der Waals surface area (Å²) in [4.78, 5) is 10.4. The van der Waals surface area contributed by atoms with E-state index < -0.39 is 6.09 Å². The molecular formula is C12H15BrN4O3. The summed E-state index contributed by atoms with van der Waals surface area (Å²) in [5, 5.41) is 21.0. The van der Waals surface area contributed by atoms with Crippen LogP contribution in [-0.2, 0) is 4.74 Å². The zero-order chi connectivity index (χ0) is 15.0. The van der Waals surface area contributed by atoms with Crippen LogP contribution in [0.4, 0.5) is 10.5 Å². The van der Waals surface area contributed by atoms with Crippen molar-refractivity contribution in [2.45, 2.75) is 6.42 Å². The maximum atomic E-state index is 10.4. The second kappa shape index (κ2) is 8.37. The van der Waals surface area contributed by atoms with Crippen molar-refractivity contribution < 1.29 is 14.6 Å². The molecule has 0 aromatic heterocycles. The fourth-order valence-corrected chi connectivity index (χ4v) is 1.82. The zero-order valence-electron chi connectivity index (χ0n) is 10.7. The highest BCUT2D eigenvalue weighted by Crippen LogP contribution is 2.20. The normalized spacial score (nSPS) is 9.85. The van der Waals surface area contributed by atoms with Crippen LogP contribution in [0.15, 0.2) is 22.7 Å². The first-order valence-corrected chi connectivity index (χ1v) is 6.60. The Hall–Kier alpha value is -1.82. The molecule has 0 aliphatic rings. The van der Waals surface area contributed by atoms with Gasteiger partial charge in [-0.1, -0.05) is 0 Å². The molecule has 0 aliphatic heterocycles. The number of amides is 1. The van der Waals surface area contributed by atoms with E-state index in [4.69, 9.17) is 20.9 Å². The van der Waals surface area contributed by atoms with E-state index in [2.05, 4.69) is 27.3 Å². The Morgan fingerprint density at radius 1 is 1.60 bits per heavy atom. The van der Waals surface area contributed by atoms with Gasteiger partial charge in [-0.2, -0.15) is 5.26 Å². The Morgan fingerprint density at radius 2 is 2.35 bits per heavy atom. The summed E-state index contributed by atoms with van der Waals surface area (Å²) in [5.41, 5.74) is 1.38. The molecule has 0 atom stereocenters. The molecule has 1 rings (SSSR count). The second-order valence-corrected chi connectivity index (χ2v) is 4.72. The van der Waals surface area contributed by atoms with E-state index in [1.54, 1.807) is 18.2 Å². The smallest absolute Gasteiger partial charge is 0.421 e. The fourth-order valence-electron chi connectivity index (χ4n) is 1.35. The number of hydrazine groups is 1. The summed E-state index contributed by atoms with van der Waals surface area (Å²) in [6, 6.07) is 7.32. The lowest BCUT2D eigenvalue weighted by atomic mass is 10.2. The minimum Gasteiger partial charge on any atom is -0.464 e. The van der Waals surface area contributed by atoms with Gasteiger partial charge < -0.3 is 15.2 Å². The molecule has 108 valence electrons. The summed E-state index contributed by atoms with van der Waals surface area (Å²) in [5.74, 6) is 5.20. The Bertz CT molecular complexity index is 504. The molecule has 0 saturated heterocycles. The largest absolute Gasteiger partial charge is 0.464 e. The number of anilines is 1. The molecule has 1 aromatic rings. The number of nitrogens with zero attached hydrogens (tertiary/aromatic N) is 2. The Balaban J connectivity index is 2.20. The molecule has 7 nitrogen and oxygen atoms in total. The van der Waals surface area contributed by atoms with E-state index in [0.717, 1.165) is 5.69 Å². The van der Waals surface area contributed by atoms with Crippen molar-refractivity contribution >= 4 is 27.7 Å². The molecule has 4 N–H and O–H groups in total. The third-order valence-electron chi connectivity index (χ3n) is 2.40. The maximum absolute atomic E-state index is 10.4. The van der Waals surface area contributed by atoms with Gasteiger partial charge in [-0.25, -0.2) is 15.6 Å². The number of hydrogen-bond acceptors (Lipinski definition) is 5. The molecule has 0 fully saturated rings. The van der Waals surface area contributed by atoms with Gasteiger partial charge in [0.1, 0.15) is 12.8 Å². The van der Waals surface area contributed by atoms with Gasteiger partial charge in [-0.3, -0.25) is 0 Å². The van der Waals surface area contributed by atoms with Crippen molar-refractivity contribution in [3.8, 4) is 6.07 Å². The van der Waals surface area contributed by atoms with E-state index >= 15 is 0 Å². The highest BCUT2D eigenvalue weighted by atomic mass is 79.9. The van der Waals surface area contributed by atoms with Crippen LogP contribution in [0.1, 0.15) is 12.0 Å². The molecule has 0 unspecified atom stereocenters. The molecule has 1 aromatic carbocycles. The first-order chi connectivity index (χ1) is 9.54. The zero-order valence-corrected chi connectivity index (χ0v) is 12.3. The molecule has 0 heterocycles. The van der Waals surface area contributed by atoms with Crippen LogP contribution >= 0.6 is 15.9 Å². The van der Waals surface area contributed by atoms with Crippen LogP contribution in [0.5, 0.6) is 0 Å². The first kappa shape index (κ1) is 16.2. The van der Waals surface area contributed by atoms with E-state index in [-0.39, 0.29) is 13.3 Å². The topological polar surface area (TPSA) is 112 Å². The molecule has 0 aliphatic carbocycles. The Morgan fingerprint density at radius 3 is 2.95 bits per heavy atom. The van der Waals surface area contributed by atoms with Crippen molar-refractivity contribution in [1.82, 2.24) is 5.01 Å². The Kier molecular flexibility index (Phi) is 6.79. The van der Waals surface area contributed by atoms with E-state index in [1.807, 2.05) is 0 Å². The van der Waals surface area contributed by atoms with Crippen LogP contribution in [0.3, 0.4) is 0 Å². The predicted molar refractivity (Wildman–Crippen MR) is 76.8 cm³/mol. The second-order valence-electron chi connectivity index (χ2n) is 3.87. The number of carbonyl (C=O) groups is 1. The van der Waals surface area contributed by atoms with Gasteiger partial charge in [-0.15, -0.1) is 0 Å². The van der Waals surface area contributed by atoms with Gasteiger partial charge in [0, 0.05) is 16.7 Å². The highest BCUT2D eigenvalue weighted by molar-refractivity contribution is 9.10. The maximum Gasteiger partial charge on any atom is 0.421 e.